The topological polar surface area (TPSA) is 73.8 Å². The molecule has 0 aliphatic carbocycles. The maximum Gasteiger partial charge on any atom is 0.229 e. The number of aliphatic imine (C=N–C) groups is 1. The first kappa shape index (κ1) is 17.9. The van der Waals surface area contributed by atoms with Crippen molar-refractivity contribution in [3.8, 4) is 0 Å². The van der Waals surface area contributed by atoms with Gasteiger partial charge in [-0.15, -0.1) is 0 Å². The Bertz CT molecular complexity index is 629. The van der Waals surface area contributed by atoms with Crippen LogP contribution in [-0.2, 0) is 16.1 Å². The van der Waals surface area contributed by atoms with Crippen molar-refractivity contribution in [3.63, 3.8) is 0 Å². The molecule has 2 amide bonds. The normalized spacial score (nSPS) is 15.6. The first-order valence-electron chi connectivity index (χ1n) is 8.04. The number of amides is 2. The maximum absolute atomic E-state index is 13.5. The first-order valence-corrected chi connectivity index (χ1v) is 8.04. The van der Waals surface area contributed by atoms with Gasteiger partial charge in [-0.1, -0.05) is 12.1 Å². The van der Waals surface area contributed by atoms with Gasteiger partial charge in [0, 0.05) is 39.5 Å². The van der Waals surface area contributed by atoms with Gasteiger partial charge in [-0.25, -0.2) is 4.39 Å². The molecule has 1 heterocycles. The Balaban J connectivity index is 1.79. The zero-order valence-electron chi connectivity index (χ0n) is 14.1. The summed E-state index contributed by atoms with van der Waals surface area (Å²) in [4.78, 5) is 28.8. The fraction of sp³-hybridized carbons (Fsp3) is 0.471. The zero-order valence-corrected chi connectivity index (χ0v) is 14.1. The monoisotopic (exact) mass is 334 g/mol. The molecule has 0 aromatic heterocycles. The minimum absolute atomic E-state index is 0.119. The van der Waals surface area contributed by atoms with Crippen molar-refractivity contribution in [2.75, 3.05) is 20.1 Å². The van der Waals surface area contributed by atoms with Crippen LogP contribution in [0.5, 0.6) is 0 Å². The predicted molar refractivity (Wildman–Crippen MR) is 89.9 cm³/mol. The number of carbonyl (C=O) groups is 2. The molecule has 2 rings (SSSR count). The second kappa shape index (κ2) is 8.42. The number of likely N-dealkylation sites (tertiary alicyclic amines) is 1. The summed E-state index contributed by atoms with van der Waals surface area (Å²) in [5.74, 6) is 0.0597. The maximum atomic E-state index is 13.5. The Morgan fingerprint density at radius 1 is 1.25 bits per heavy atom. The quantitative estimate of drug-likeness (QED) is 0.484. The summed E-state index contributed by atoms with van der Waals surface area (Å²) >= 11 is 0. The van der Waals surface area contributed by atoms with Crippen molar-refractivity contribution < 1.29 is 14.0 Å². The molecule has 0 saturated carbocycles. The molecule has 130 valence electrons. The summed E-state index contributed by atoms with van der Waals surface area (Å²) in [7, 11) is 1.63. The van der Waals surface area contributed by atoms with Crippen LogP contribution in [0.1, 0.15) is 30.4 Å². The van der Waals surface area contributed by atoms with Gasteiger partial charge >= 0.3 is 0 Å². The highest BCUT2D eigenvalue weighted by Gasteiger charge is 2.25. The standard InChI is InChI=1S/C17H23FN4O2/c1-12-6-7-13(10-14(12)18)11-21-17(19-2)20-8-9-22-15(23)4-3-5-16(22)24/h6-7,10H,3-5,8-9,11H2,1-2H3,(H2,19,20,21). The van der Waals surface area contributed by atoms with Crippen LogP contribution in [0.2, 0.25) is 0 Å². The molecule has 1 aliphatic rings. The van der Waals surface area contributed by atoms with Crippen LogP contribution in [0.3, 0.4) is 0 Å². The van der Waals surface area contributed by atoms with Gasteiger partial charge in [0.25, 0.3) is 0 Å². The molecule has 24 heavy (non-hydrogen) atoms. The molecular weight excluding hydrogens is 311 g/mol. The Hall–Kier alpha value is -2.44. The van der Waals surface area contributed by atoms with E-state index < -0.39 is 0 Å². The van der Waals surface area contributed by atoms with Crippen LogP contribution in [0, 0.1) is 12.7 Å². The van der Waals surface area contributed by atoms with E-state index in [0.717, 1.165) is 5.56 Å². The molecule has 1 aromatic carbocycles. The Kier molecular flexibility index (Phi) is 6.28. The predicted octanol–water partition coefficient (Wildman–Crippen LogP) is 1.34. The number of piperidine rings is 1. The van der Waals surface area contributed by atoms with Crippen molar-refractivity contribution in [1.82, 2.24) is 15.5 Å². The number of halogens is 1. The van der Waals surface area contributed by atoms with Gasteiger partial charge in [0.2, 0.25) is 11.8 Å². The summed E-state index contributed by atoms with van der Waals surface area (Å²) in [5.41, 5.74) is 1.42. The third kappa shape index (κ3) is 4.78. The third-order valence-electron chi connectivity index (χ3n) is 3.93. The largest absolute Gasteiger partial charge is 0.355 e. The van der Waals surface area contributed by atoms with Gasteiger partial charge in [-0.05, 0) is 30.5 Å². The lowest BCUT2D eigenvalue weighted by Crippen LogP contribution is -2.46. The first-order chi connectivity index (χ1) is 11.5. The van der Waals surface area contributed by atoms with Crippen molar-refractivity contribution in [2.24, 2.45) is 4.99 Å². The van der Waals surface area contributed by atoms with Crippen LogP contribution in [0.4, 0.5) is 4.39 Å². The van der Waals surface area contributed by atoms with Gasteiger partial charge in [0.1, 0.15) is 5.82 Å². The highest BCUT2D eigenvalue weighted by molar-refractivity contribution is 5.97. The van der Waals surface area contributed by atoms with Crippen molar-refractivity contribution >= 4 is 17.8 Å². The average Bonchev–Trinajstić information content (AvgIpc) is 2.56. The minimum Gasteiger partial charge on any atom is -0.355 e. The Morgan fingerprint density at radius 3 is 2.58 bits per heavy atom. The molecule has 0 unspecified atom stereocenters. The summed E-state index contributed by atoms with van der Waals surface area (Å²) < 4.78 is 13.5. The van der Waals surface area contributed by atoms with Gasteiger partial charge in [0.15, 0.2) is 5.96 Å². The van der Waals surface area contributed by atoms with E-state index in [4.69, 9.17) is 0 Å². The van der Waals surface area contributed by atoms with Crippen molar-refractivity contribution in [3.05, 3.63) is 35.1 Å². The molecule has 1 aliphatic heterocycles. The lowest BCUT2D eigenvalue weighted by Gasteiger charge is -2.25. The van der Waals surface area contributed by atoms with E-state index in [-0.39, 0.29) is 17.6 Å². The van der Waals surface area contributed by atoms with E-state index >= 15 is 0 Å². The number of carbonyl (C=O) groups excluding carboxylic acids is 2. The summed E-state index contributed by atoms with van der Waals surface area (Å²) in [6.07, 6.45) is 1.49. The second-order valence-electron chi connectivity index (χ2n) is 5.73. The fourth-order valence-electron chi connectivity index (χ4n) is 2.49. The van der Waals surface area contributed by atoms with Gasteiger partial charge in [-0.2, -0.15) is 0 Å². The van der Waals surface area contributed by atoms with E-state index in [1.54, 1.807) is 20.0 Å². The molecule has 6 nitrogen and oxygen atoms in total. The van der Waals surface area contributed by atoms with Gasteiger partial charge in [-0.3, -0.25) is 19.5 Å². The number of aryl methyl sites for hydroxylation is 1. The number of rotatable bonds is 5. The van der Waals surface area contributed by atoms with E-state index in [1.807, 2.05) is 6.07 Å². The van der Waals surface area contributed by atoms with E-state index in [9.17, 15) is 14.0 Å². The van der Waals surface area contributed by atoms with Crippen LogP contribution in [-0.4, -0.2) is 42.8 Å². The van der Waals surface area contributed by atoms with Gasteiger partial charge < -0.3 is 10.6 Å². The van der Waals surface area contributed by atoms with E-state index in [1.165, 1.54) is 11.0 Å². The highest BCUT2D eigenvalue weighted by Crippen LogP contribution is 2.11. The molecular formula is C17H23FN4O2. The summed E-state index contributed by atoms with van der Waals surface area (Å²) in [6.45, 7) is 2.88. The van der Waals surface area contributed by atoms with Crippen LogP contribution in [0.15, 0.2) is 23.2 Å². The van der Waals surface area contributed by atoms with E-state index in [0.29, 0.717) is 50.4 Å². The third-order valence-corrected chi connectivity index (χ3v) is 3.93. The molecule has 0 atom stereocenters. The van der Waals surface area contributed by atoms with Crippen LogP contribution < -0.4 is 10.6 Å². The van der Waals surface area contributed by atoms with Crippen molar-refractivity contribution in [2.45, 2.75) is 32.7 Å². The number of benzene rings is 1. The number of nitrogens with one attached hydrogen (secondary N) is 2. The number of imide groups is 1. The molecule has 7 heteroatoms. The molecule has 1 saturated heterocycles. The summed E-state index contributed by atoms with van der Waals surface area (Å²) in [6, 6.07) is 5.07. The van der Waals surface area contributed by atoms with E-state index in [2.05, 4.69) is 15.6 Å². The number of nitrogens with zero attached hydrogens (tertiary/aromatic N) is 2. The minimum atomic E-state index is -0.237. The number of hydrogen-bond acceptors (Lipinski definition) is 3. The molecule has 2 N–H and O–H groups in total. The fourth-order valence-corrected chi connectivity index (χ4v) is 2.49. The molecule has 1 aromatic rings. The SMILES string of the molecule is CN=C(NCCN1C(=O)CCCC1=O)NCc1ccc(C)c(F)c1. The van der Waals surface area contributed by atoms with Crippen LogP contribution >= 0.6 is 0 Å². The Morgan fingerprint density at radius 2 is 1.96 bits per heavy atom. The second-order valence-corrected chi connectivity index (χ2v) is 5.73. The molecule has 1 fully saturated rings. The number of guanidine groups is 1. The molecule has 0 bridgehead atoms. The Labute approximate surface area is 141 Å². The lowest BCUT2D eigenvalue weighted by atomic mass is 10.1. The highest BCUT2D eigenvalue weighted by atomic mass is 19.1. The lowest BCUT2D eigenvalue weighted by molar-refractivity contribution is -0.147. The smallest absolute Gasteiger partial charge is 0.229 e. The van der Waals surface area contributed by atoms with Crippen LogP contribution in [0.25, 0.3) is 0 Å². The summed E-state index contributed by atoms with van der Waals surface area (Å²) in [5, 5.41) is 6.13. The van der Waals surface area contributed by atoms with Crippen molar-refractivity contribution in [1.29, 1.82) is 0 Å². The van der Waals surface area contributed by atoms with Gasteiger partial charge in [0.05, 0.1) is 0 Å². The molecule has 0 spiro atoms. The molecule has 0 radical (unpaired) electrons. The average molecular weight is 334 g/mol. The zero-order chi connectivity index (χ0) is 17.5. The number of hydrogen-bond donors (Lipinski definition) is 2.